The summed E-state index contributed by atoms with van der Waals surface area (Å²) in [5, 5.41) is 0. The molecule has 0 aromatic carbocycles. The highest BCUT2D eigenvalue weighted by Gasteiger charge is 2.32. The van der Waals surface area contributed by atoms with Gasteiger partial charge in [-0.1, -0.05) is 64.4 Å². The van der Waals surface area contributed by atoms with Gasteiger partial charge in [0.05, 0.1) is 6.54 Å². The molecule has 5 heteroatoms. The normalized spacial score (nSPS) is 21.4. The smallest absolute Gasteiger partial charge is 0.259 e. The zero-order valence-corrected chi connectivity index (χ0v) is 14.7. The molecule has 0 radical (unpaired) electrons. The fourth-order valence-corrected chi connectivity index (χ4v) is 3.74. The van der Waals surface area contributed by atoms with Gasteiger partial charge in [-0.25, -0.2) is 0 Å². The van der Waals surface area contributed by atoms with Crippen LogP contribution in [0.25, 0.3) is 0 Å². The minimum Gasteiger partial charge on any atom is -0.701 e. The van der Waals surface area contributed by atoms with Crippen molar-refractivity contribution in [3.05, 3.63) is 24.4 Å². The summed E-state index contributed by atoms with van der Waals surface area (Å²) in [5.74, 6) is 0. The molecule has 0 saturated heterocycles. The molecule has 0 aliphatic carbocycles. The first kappa shape index (κ1) is 19.4. The Morgan fingerprint density at radius 3 is 1.91 bits per heavy atom. The van der Waals surface area contributed by atoms with E-state index in [1.54, 1.807) is 18.2 Å². The number of allylic oxidation sites excluding steroid dienone is 2. The van der Waals surface area contributed by atoms with Gasteiger partial charge < -0.3 is 4.55 Å². The molecule has 1 unspecified atom stereocenters. The van der Waals surface area contributed by atoms with Gasteiger partial charge in [0.25, 0.3) is 10.3 Å². The Kier molecular flexibility index (Phi) is 8.98. The van der Waals surface area contributed by atoms with E-state index in [4.69, 9.17) is 0 Å². The van der Waals surface area contributed by atoms with Gasteiger partial charge in [0.15, 0.2) is 0 Å². The average molecular weight is 330 g/mol. The second kappa shape index (κ2) is 10.2. The molecular formula is C17H31NO3S. The first-order valence-electron chi connectivity index (χ1n) is 8.69. The van der Waals surface area contributed by atoms with Crippen LogP contribution in [0.2, 0.25) is 0 Å². The van der Waals surface area contributed by atoms with Crippen LogP contribution in [0.15, 0.2) is 24.4 Å². The number of unbranched alkanes of at least 4 members (excludes halogenated alkanes) is 9. The van der Waals surface area contributed by atoms with Gasteiger partial charge in [0.1, 0.15) is 12.7 Å². The molecule has 0 N–H and O–H groups in total. The molecule has 0 aromatic heterocycles. The molecule has 1 atom stereocenters. The summed E-state index contributed by atoms with van der Waals surface area (Å²) < 4.78 is 34.1. The van der Waals surface area contributed by atoms with Crippen LogP contribution in [0.5, 0.6) is 0 Å². The van der Waals surface area contributed by atoms with E-state index in [-0.39, 0.29) is 6.54 Å². The lowest BCUT2D eigenvalue weighted by Gasteiger charge is -2.36. The van der Waals surface area contributed by atoms with Crippen molar-refractivity contribution in [1.29, 1.82) is 0 Å². The van der Waals surface area contributed by atoms with E-state index < -0.39 is 14.2 Å². The lowest BCUT2D eigenvalue weighted by Crippen LogP contribution is -2.49. The van der Waals surface area contributed by atoms with Crippen LogP contribution in [-0.2, 0) is 10.3 Å². The molecule has 1 heterocycles. The van der Waals surface area contributed by atoms with Crippen LogP contribution in [0.4, 0.5) is 0 Å². The monoisotopic (exact) mass is 329 g/mol. The van der Waals surface area contributed by atoms with Gasteiger partial charge in [0, 0.05) is 0 Å². The highest BCUT2D eigenvalue weighted by Crippen LogP contribution is 2.21. The van der Waals surface area contributed by atoms with Crippen molar-refractivity contribution < 1.29 is 16.9 Å². The van der Waals surface area contributed by atoms with Crippen molar-refractivity contribution in [2.75, 3.05) is 13.1 Å². The minimum absolute atomic E-state index is 0.264. The third-order valence-corrected chi connectivity index (χ3v) is 5.70. The zero-order valence-electron chi connectivity index (χ0n) is 13.9. The maximum Gasteiger partial charge on any atom is 0.259 e. The fraction of sp³-hybridized carbons (Fsp3) is 0.765. The van der Waals surface area contributed by atoms with E-state index in [2.05, 4.69) is 6.92 Å². The van der Waals surface area contributed by atoms with E-state index in [1.807, 2.05) is 0 Å². The second-order valence-corrected chi connectivity index (χ2v) is 7.82. The first-order valence-corrected chi connectivity index (χ1v) is 10.1. The summed E-state index contributed by atoms with van der Waals surface area (Å²) in [4.78, 5) is 0. The van der Waals surface area contributed by atoms with Gasteiger partial charge in [-0.2, -0.15) is 12.3 Å². The van der Waals surface area contributed by atoms with Crippen LogP contribution in [0, 0.1) is 0 Å². The van der Waals surface area contributed by atoms with Gasteiger partial charge in [-0.15, -0.1) is 0 Å². The molecule has 1 aliphatic rings. The Morgan fingerprint density at radius 1 is 0.909 bits per heavy atom. The summed E-state index contributed by atoms with van der Waals surface area (Å²) in [6.07, 6.45) is 18.7. The molecular weight excluding hydrogens is 298 g/mol. The molecule has 0 aromatic rings. The Hall–Kier alpha value is -0.650. The van der Waals surface area contributed by atoms with E-state index in [9.17, 15) is 13.0 Å². The van der Waals surface area contributed by atoms with Crippen molar-refractivity contribution in [3.63, 3.8) is 0 Å². The van der Waals surface area contributed by atoms with Crippen LogP contribution in [0.3, 0.4) is 0 Å². The summed E-state index contributed by atoms with van der Waals surface area (Å²) in [5.41, 5.74) is 0. The topological polar surface area (TPSA) is 57.2 Å². The third-order valence-electron chi connectivity index (χ3n) is 4.35. The highest BCUT2D eigenvalue weighted by molar-refractivity contribution is 7.80. The van der Waals surface area contributed by atoms with E-state index in [1.165, 1.54) is 51.1 Å². The summed E-state index contributed by atoms with van der Waals surface area (Å²) in [7, 11) is -4.35. The SMILES string of the molecule is CCCCCCCCCCCC[N+]1(S(=O)(=O)[O-])C=CC=CC1. The number of hydrogen-bond donors (Lipinski definition) is 0. The Bertz CT molecular complexity index is 457. The Balaban J connectivity index is 2.15. The van der Waals surface area contributed by atoms with Crippen molar-refractivity contribution in [2.45, 2.75) is 71.1 Å². The van der Waals surface area contributed by atoms with Gasteiger partial charge in [0.2, 0.25) is 0 Å². The molecule has 128 valence electrons. The first-order chi connectivity index (χ1) is 10.5. The van der Waals surface area contributed by atoms with Crippen molar-refractivity contribution in [3.8, 4) is 0 Å². The molecule has 0 bridgehead atoms. The van der Waals surface area contributed by atoms with E-state index >= 15 is 0 Å². The predicted molar refractivity (Wildman–Crippen MR) is 89.8 cm³/mol. The quantitative estimate of drug-likeness (QED) is 0.305. The predicted octanol–water partition coefficient (Wildman–Crippen LogP) is 4.27. The fourth-order valence-electron chi connectivity index (χ4n) is 2.90. The standard InChI is InChI=1S/C17H31NO3S/c1-2-3-4-5-6-7-8-9-10-12-15-18(22(19,20)21)16-13-11-14-17-18/h11,13-14,16H,2-10,12,15,17H2,1H3. The van der Waals surface area contributed by atoms with Crippen LogP contribution in [0.1, 0.15) is 71.1 Å². The lowest BCUT2D eigenvalue weighted by molar-refractivity contribution is -0.751. The van der Waals surface area contributed by atoms with Crippen molar-refractivity contribution in [1.82, 2.24) is 0 Å². The maximum atomic E-state index is 11.5. The highest BCUT2D eigenvalue weighted by atomic mass is 32.2. The number of rotatable bonds is 12. The molecule has 1 aliphatic heterocycles. The Labute approximate surface area is 136 Å². The van der Waals surface area contributed by atoms with Crippen molar-refractivity contribution in [2.24, 2.45) is 0 Å². The van der Waals surface area contributed by atoms with Crippen molar-refractivity contribution >= 4 is 10.3 Å². The van der Waals surface area contributed by atoms with Crippen LogP contribution in [-0.4, -0.2) is 29.9 Å². The molecule has 4 nitrogen and oxygen atoms in total. The lowest BCUT2D eigenvalue weighted by atomic mass is 10.1. The van der Waals surface area contributed by atoms with E-state index in [0.29, 0.717) is 6.54 Å². The summed E-state index contributed by atoms with van der Waals surface area (Å²) >= 11 is 0. The Morgan fingerprint density at radius 2 is 1.45 bits per heavy atom. The van der Waals surface area contributed by atoms with Gasteiger partial charge in [-0.05, 0) is 25.0 Å². The van der Waals surface area contributed by atoms with Gasteiger partial charge >= 0.3 is 0 Å². The van der Waals surface area contributed by atoms with Crippen LogP contribution >= 0.6 is 0 Å². The molecule has 0 saturated carbocycles. The summed E-state index contributed by atoms with van der Waals surface area (Å²) in [6, 6.07) is 0. The third kappa shape index (κ3) is 6.63. The molecule has 1 rings (SSSR count). The number of hydrogen-bond acceptors (Lipinski definition) is 3. The zero-order chi connectivity index (χ0) is 16.3. The molecule has 0 spiro atoms. The minimum atomic E-state index is -4.35. The van der Waals surface area contributed by atoms with E-state index in [0.717, 1.165) is 19.3 Å². The summed E-state index contributed by atoms with van der Waals surface area (Å²) in [6.45, 7) is 2.88. The number of quaternary nitrogens is 1. The number of nitrogens with zero attached hydrogens (tertiary/aromatic N) is 1. The second-order valence-electron chi connectivity index (χ2n) is 6.24. The van der Waals surface area contributed by atoms with Gasteiger partial charge in [-0.3, -0.25) is 0 Å². The molecule has 22 heavy (non-hydrogen) atoms. The maximum absolute atomic E-state index is 11.5. The average Bonchev–Trinajstić information content (AvgIpc) is 2.49. The molecule has 0 amide bonds. The largest absolute Gasteiger partial charge is 0.701 e. The molecule has 0 fully saturated rings. The van der Waals surface area contributed by atoms with Crippen LogP contribution < -0.4 is 0 Å².